The average Bonchev–Trinajstić information content (AvgIpc) is 2.44. The minimum absolute atomic E-state index is 0.307. The standard InChI is InChI=1S/C17H29NO2/c1-5-15(4)19-10-11-20-17-9-7-6-8-16(17)13-18-12-14(2)3/h6-9,14-15,18H,5,10-13H2,1-4H3. The van der Waals surface area contributed by atoms with Gasteiger partial charge in [0.2, 0.25) is 0 Å². The summed E-state index contributed by atoms with van der Waals surface area (Å²) in [6.45, 7) is 11.7. The highest BCUT2D eigenvalue weighted by atomic mass is 16.5. The molecule has 0 aromatic heterocycles. The second kappa shape index (κ2) is 9.78. The third-order valence-corrected chi connectivity index (χ3v) is 3.16. The Balaban J connectivity index is 2.36. The van der Waals surface area contributed by atoms with E-state index in [4.69, 9.17) is 9.47 Å². The molecule has 1 rings (SSSR count). The topological polar surface area (TPSA) is 30.5 Å². The normalized spacial score (nSPS) is 12.7. The molecule has 3 nitrogen and oxygen atoms in total. The van der Waals surface area contributed by atoms with Gasteiger partial charge in [-0.25, -0.2) is 0 Å². The number of nitrogens with one attached hydrogen (secondary N) is 1. The van der Waals surface area contributed by atoms with Gasteiger partial charge in [0, 0.05) is 12.1 Å². The molecule has 1 unspecified atom stereocenters. The summed E-state index contributed by atoms with van der Waals surface area (Å²) >= 11 is 0. The first-order chi connectivity index (χ1) is 9.63. The number of rotatable bonds is 10. The molecule has 1 aromatic rings. The van der Waals surface area contributed by atoms with Crippen molar-refractivity contribution in [1.82, 2.24) is 5.32 Å². The first kappa shape index (κ1) is 17.0. The van der Waals surface area contributed by atoms with E-state index >= 15 is 0 Å². The highest BCUT2D eigenvalue weighted by Gasteiger charge is 2.04. The summed E-state index contributed by atoms with van der Waals surface area (Å²) in [6, 6.07) is 8.19. The number of ether oxygens (including phenoxy) is 2. The van der Waals surface area contributed by atoms with Gasteiger partial charge in [0.15, 0.2) is 0 Å². The smallest absolute Gasteiger partial charge is 0.123 e. The molecule has 0 spiro atoms. The van der Waals surface area contributed by atoms with E-state index in [-0.39, 0.29) is 0 Å². The van der Waals surface area contributed by atoms with E-state index in [0.29, 0.717) is 25.2 Å². The molecule has 1 aromatic carbocycles. The van der Waals surface area contributed by atoms with Crippen LogP contribution in [0.2, 0.25) is 0 Å². The molecule has 0 heterocycles. The molecular formula is C17H29NO2. The van der Waals surface area contributed by atoms with E-state index in [0.717, 1.165) is 25.3 Å². The van der Waals surface area contributed by atoms with E-state index in [1.807, 2.05) is 12.1 Å². The van der Waals surface area contributed by atoms with Crippen molar-refractivity contribution in [1.29, 1.82) is 0 Å². The average molecular weight is 279 g/mol. The fraction of sp³-hybridized carbons (Fsp3) is 0.647. The van der Waals surface area contributed by atoms with Crippen molar-refractivity contribution in [2.45, 2.75) is 46.8 Å². The van der Waals surface area contributed by atoms with Gasteiger partial charge in [-0.2, -0.15) is 0 Å². The Kier molecular flexibility index (Phi) is 8.31. The maximum atomic E-state index is 5.82. The molecule has 1 N–H and O–H groups in total. The van der Waals surface area contributed by atoms with Crippen LogP contribution >= 0.6 is 0 Å². The summed E-state index contributed by atoms with van der Waals surface area (Å²) in [5, 5.41) is 3.45. The van der Waals surface area contributed by atoms with Crippen LogP contribution in [-0.2, 0) is 11.3 Å². The lowest BCUT2D eigenvalue weighted by Gasteiger charge is -2.14. The predicted octanol–water partition coefficient (Wildman–Crippen LogP) is 3.63. The lowest BCUT2D eigenvalue weighted by Crippen LogP contribution is -2.20. The maximum absolute atomic E-state index is 5.82. The summed E-state index contributed by atoms with van der Waals surface area (Å²) in [6.07, 6.45) is 1.34. The van der Waals surface area contributed by atoms with Crippen molar-refractivity contribution < 1.29 is 9.47 Å². The molecule has 1 atom stereocenters. The summed E-state index contributed by atoms with van der Waals surface area (Å²) in [5.74, 6) is 1.61. The fourth-order valence-corrected chi connectivity index (χ4v) is 1.80. The Morgan fingerprint density at radius 2 is 1.85 bits per heavy atom. The summed E-state index contributed by atoms with van der Waals surface area (Å²) < 4.78 is 11.4. The maximum Gasteiger partial charge on any atom is 0.123 e. The molecule has 20 heavy (non-hydrogen) atoms. The zero-order valence-corrected chi connectivity index (χ0v) is 13.3. The molecule has 0 saturated heterocycles. The highest BCUT2D eigenvalue weighted by Crippen LogP contribution is 2.17. The Hall–Kier alpha value is -1.06. The Labute approximate surface area is 123 Å². The second-order valence-electron chi connectivity index (χ2n) is 5.57. The molecule has 0 bridgehead atoms. The van der Waals surface area contributed by atoms with Gasteiger partial charge in [0.25, 0.3) is 0 Å². The van der Waals surface area contributed by atoms with Crippen molar-refractivity contribution in [3.63, 3.8) is 0 Å². The summed E-state index contributed by atoms with van der Waals surface area (Å²) in [7, 11) is 0. The number of para-hydroxylation sites is 1. The van der Waals surface area contributed by atoms with Crippen LogP contribution in [-0.4, -0.2) is 25.9 Å². The van der Waals surface area contributed by atoms with E-state index < -0.39 is 0 Å². The summed E-state index contributed by atoms with van der Waals surface area (Å²) in [5.41, 5.74) is 1.21. The zero-order chi connectivity index (χ0) is 14.8. The van der Waals surface area contributed by atoms with Crippen LogP contribution in [0.3, 0.4) is 0 Å². The molecule has 0 aliphatic heterocycles. The van der Waals surface area contributed by atoms with E-state index in [1.165, 1.54) is 5.56 Å². The third kappa shape index (κ3) is 6.92. The van der Waals surface area contributed by atoms with Crippen molar-refractivity contribution in [3.05, 3.63) is 29.8 Å². The van der Waals surface area contributed by atoms with Crippen LogP contribution in [0.4, 0.5) is 0 Å². The molecule has 0 radical (unpaired) electrons. The Morgan fingerprint density at radius 3 is 2.55 bits per heavy atom. The summed E-state index contributed by atoms with van der Waals surface area (Å²) in [4.78, 5) is 0. The van der Waals surface area contributed by atoms with E-state index in [1.54, 1.807) is 0 Å². The van der Waals surface area contributed by atoms with Crippen molar-refractivity contribution >= 4 is 0 Å². The monoisotopic (exact) mass is 279 g/mol. The number of benzene rings is 1. The predicted molar refractivity (Wildman–Crippen MR) is 84.2 cm³/mol. The van der Waals surface area contributed by atoms with Crippen LogP contribution < -0.4 is 10.1 Å². The van der Waals surface area contributed by atoms with Crippen LogP contribution in [0.1, 0.15) is 39.7 Å². The van der Waals surface area contributed by atoms with Crippen molar-refractivity contribution in [2.24, 2.45) is 5.92 Å². The molecule has 3 heteroatoms. The molecule has 0 amide bonds. The SMILES string of the molecule is CCC(C)OCCOc1ccccc1CNCC(C)C. The number of hydrogen-bond acceptors (Lipinski definition) is 3. The molecule has 0 aliphatic rings. The van der Waals surface area contributed by atoms with Crippen LogP contribution in [0.5, 0.6) is 5.75 Å². The second-order valence-corrected chi connectivity index (χ2v) is 5.57. The van der Waals surface area contributed by atoms with Crippen LogP contribution in [0.25, 0.3) is 0 Å². The van der Waals surface area contributed by atoms with Gasteiger partial charge >= 0.3 is 0 Å². The number of hydrogen-bond donors (Lipinski definition) is 1. The van der Waals surface area contributed by atoms with Crippen LogP contribution in [0.15, 0.2) is 24.3 Å². The molecule has 0 saturated carbocycles. The molecule has 0 aliphatic carbocycles. The molecule has 0 fully saturated rings. The first-order valence-corrected chi connectivity index (χ1v) is 7.66. The van der Waals surface area contributed by atoms with Gasteiger partial charge in [0.05, 0.1) is 12.7 Å². The first-order valence-electron chi connectivity index (χ1n) is 7.66. The molecule has 114 valence electrons. The quantitative estimate of drug-likeness (QED) is 0.663. The van der Waals surface area contributed by atoms with Crippen molar-refractivity contribution in [3.8, 4) is 5.75 Å². The lowest BCUT2D eigenvalue weighted by molar-refractivity contribution is 0.0425. The Morgan fingerprint density at radius 1 is 1.10 bits per heavy atom. The van der Waals surface area contributed by atoms with Gasteiger partial charge in [-0.15, -0.1) is 0 Å². The van der Waals surface area contributed by atoms with Gasteiger partial charge in [0.1, 0.15) is 12.4 Å². The minimum Gasteiger partial charge on any atom is -0.491 e. The fourth-order valence-electron chi connectivity index (χ4n) is 1.80. The largest absolute Gasteiger partial charge is 0.491 e. The van der Waals surface area contributed by atoms with Crippen molar-refractivity contribution in [2.75, 3.05) is 19.8 Å². The van der Waals surface area contributed by atoms with Gasteiger partial charge < -0.3 is 14.8 Å². The third-order valence-electron chi connectivity index (χ3n) is 3.16. The highest BCUT2D eigenvalue weighted by molar-refractivity contribution is 5.33. The minimum atomic E-state index is 0.307. The van der Waals surface area contributed by atoms with Gasteiger partial charge in [-0.1, -0.05) is 39.0 Å². The van der Waals surface area contributed by atoms with Gasteiger partial charge in [-0.05, 0) is 31.9 Å². The van der Waals surface area contributed by atoms with Crippen LogP contribution in [0, 0.1) is 5.92 Å². The zero-order valence-electron chi connectivity index (χ0n) is 13.3. The molecular weight excluding hydrogens is 250 g/mol. The van der Waals surface area contributed by atoms with Gasteiger partial charge in [-0.3, -0.25) is 0 Å². The van der Waals surface area contributed by atoms with E-state index in [9.17, 15) is 0 Å². The van der Waals surface area contributed by atoms with E-state index in [2.05, 4.69) is 45.1 Å². The lowest BCUT2D eigenvalue weighted by atomic mass is 10.2. The Bertz CT molecular complexity index is 366.